The van der Waals surface area contributed by atoms with Crippen molar-refractivity contribution in [3.05, 3.63) is 29.1 Å². The van der Waals surface area contributed by atoms with Crippen LogP contribution in [-0.4, -0.2) is 18.8 Å². The van der Waals surface area contributed by atoms with E-state index in [2.05, 4.69) is 0 Å². The molecule has 0 saturated carbocycles. The van der Waals surface area contributed by atoms with Gasteiger partial charge in [0.1, 0.15) is 11.6 Å². The SMILES string of the molecule is COc1cc(C)cc(F)c1C(N)CO. The Balaban J connectivity index is 3.24. The molecule has 1 aromatic carbocycles. The maximum absolute atomic E-state index is 13.5. The zero-order valence-electron chi connectivity index (χ0n) is 8.25. The summed E-state index contributed by atoms with van der Waals surface area (Å²) >= 11 is 0. The Kier molecular flexibility index (Phi) is 3.43. The first-order valence-electron chi connectivity index (χ1n) is 4.30. The summed E-state index contributed by atoms with van der Waals surface area (Å²) in [5.41, 5.74) is 6.53. The molecule has 0 heterocycles. The number of aliphatic hydroxyl groups excluding tert-OH is 1. The second-order valence-electron chi connectivity index (χ2n) is 3.15. The van der Waals surface area contributed by atoms with Crippen molar-refractivity contribution in [2.24, 2.45) is 5.73 Å². The smallest absolute Gasteiger partial charge is 0.132 e. The topological polar surface area (TPSA) is 55.5 Å². The summed E-state index contributed by atoms with van der Waals surface area (Å²) in [6.07, 6.45) is 0. The number of ether oxygens (including phenoxy) is 1. The lowest BCUT2D eigenvalue weighted by molar-refractivity contribution is 0.261. The minimum Gasteiger partial charge on any atom is -0.496 e. The van der Waals surface area contributed by atoms with E-state index in [-0.39, 0.29) is 12.2 Å². The molecule has 0 aliphatic rings. The third-order valence-electron chi connectivity index (χ3n) is 2.02. The Morgan fingerprint density at radius 3 is 2.71 bits per heavy atom. The average molecular weight is 199 g/mol. The monoisotopic (exact) mass is 199 g/mol. The summed E-state index contributed by atoms with van der Waals surface area (Å²) < 4.78 is 18.5. The molecule has 0 aromatic heterocycles. The maximum atomic E-state index is 13.5. The van der Waals surface area contributed by atoms with Gasteiger partial charge in [0.15, 0.2) is 0 Å². The fourth-order valence-corrected chi connectivity index (χ4v) is 1.34. The summed E-state index contributed by atoms with van der Waals surface area (Å²) in [6.45, 7) is 1.45. The standard InChI is InChI=1S/C10H14FNO2/c1-6-3-7(11)10(8(12)5-13)9(4-6)14-2/h3-4,8,13H,5,12H2,1-2H3. The predicted octanol–water partition coefficient (Wildman–Crippen LogP) is 1.13. The van der Waals surface area contributed by atoms with Crippen molar-refractivity contribution in [2.75, 3.05) is 13.7 Å². The molecule has 3 N–H and O–H groups in total. The molecule has 0 radical (unpaired) electrons. The largest absolute Gasteiger partial charge is 0.496 e. The number of hydrogen-bond acceptors (Lipinski definition) is 3. The normalized spacial score (nSPS) is 12.6. The Bertz CT molecular complexity index is 328. The minimum atomic E-state index is -0.745. The van der Waals surface area contributed by atoms with Crippen LogP contribution in [0.2, 0.25) is 0 Å². The van der Waals surface area contributed by atoms with Gasteiger partial charge >= 0.3 is 0 Å². The third-order valence-corrected chi connectivity index (χ3v) is 2.02. The molecule has 4 heteroatoms. The first kappa shape index (κ1) is 10.9. The number of nitrogens with two attached hydrogens (primary N) is 1. The summed E-state index contributed by atoms with van der Waals surface area (Å²) in [7, 11) is 1.45. The molecule has 0 spiro atoms. The molecule has 0 aliphatic carbocycles. The van der Waals surface area contributed by atoms with Crippen molar-refractivity contribution >= 4 is 0 Å². The van der Waals surface area contributed by atoms with Gasteiger partial charge in [0.05, 0.1) is 19.8 Å². The van der Waals surface area contributed by atoms with Crippen LogP contribution in [-0.2, 0) is 0 Å². The molecular weight excluding hydrogens is 185 g/mol. The molecule has 0 amide bonds. The van der Waals surface area contributed by atoms with Crippen molar-refractivity contribution in [1.29, 1.82) is 0 Å². The average Bonchev–Trinajstić information content (AvgIpc) is 2.15. The van der Waals surface area contributed by atoms with E-state index in [0.717, 1.165) is 5.56 Å². The fourth-order valence-electron chi connectivity index (χ4n) is 1.34. The molecule has 0 saturated heterocycles. The molecule has 0 aliphatic heterocycles. The van der Waals surface area contributed by atoms with Gasteiger partial charge in [-0.2, -0.15) is 0 Å². The van der Waals surface area contributed by atoms with Crippen molar-refractivity contribution in [3.63, 3.8) is 0 Å². The molecular formula is C10H14FNO2. The van der Waals surface area contributed by atoms with E-state index in [4.69, 9.17) is 15.6 Å². The Hall–Kier alpha value is -1.13. The highest BCUT2D eigenvalue weighted by Crippen LogP contribution is 2.27. The number of rotatable bonds is 3. The minimum absolute atomic E-state index is 0.223. The van der Waals surface area contributed by atoms with Crippen LogP contribution in [0.25, 0.3) is 0 Å². The van der Waals surface area contributed by atoms with Crippen molar-refractivity contribution in [2.45, 2.75) is 13.0 Å². The van der Waals surface area contributed by atoms with Crippen LogP contribution in [0.5, 0.6) is 5.75 Å². The molecule has 78 valence electrons. The highest BCUT2D eigenvalue weighted by atomic mass is 19.1. The lowest BCUT2D eigenvalue weighted by Crippen LogP contribution is -2.17. The third kappa shape index (κ3) is 2.02. The van der Waals surface area contributed by atoms with Crippen LogP contribution < -0.4 is 10.5 Å². The van der Waals surface area contributed by atoms with Crippen LogP contribution >= 0.6 is 0 Å². The number of aryl methyl sites for hydroxylation is 1. The van der Waals surface area contributed by atoms with E-state index in [1.54, 1.807) is 13.0 Å². The molecule has 1 atom stereocenters. The van der Waals surface area contributed by atoms with Gasteiger partial charge in [-0.3, -0.25) is 0 Å². The van der Waals surface area contributed by atoms with Gasteiger partial charge in [-0.15, -0.1) is 0 Å². The molecule has 1 unspecified atom stereocenters. The quantitative estimate of drug-likeness (QED) is 0.767. The summed E-state index contributed by atoms with van der Waals surface area (Å²) in [6, 6.07) is 2.31. The number of aliphatic hydroxyl groups is 1. The van der Waals surface area contributed by atoms with E-state index >= 15 is 0 Å². The first-order valence-corrected chi connectivity index (χ1v) is 4.30. The van der Waals surface area contributed by atoms with Crippen molar-refractivity contribution < 1.29 is 14.2 Å². The molecule has 14 heavy (non-hydrogen) atoms. The number of hydrogen-bond donors (Lipinski definition) is 2. The van der Waals surface area contributed by atoms with Crippen LogP contribution in [0.1, 0.15) is 17.2 Å². The van der Waals surface area contributed by atoms with Crippen LogP contribution in [0.15, 0.2) is 12.1 Å². The Labute approximate surface area is 82.3 Å². The van der Waals surface area contributed by atoms with Gasteiger partial charge in [-0.05, 0) is 24.6 Å². The molecule has 0 fully saturated rings. The number of halogens is 1. The van der Waals surface area contributed by atoms with Crippen molar-refractivity contribution in [3.8, 4) is 5.75 Å². The Morgan fingerprint density at radius 2 is 2.21 bits per heavy atom. The second-order valence-corrected chi connectivity index (χ2v) is 3.15. The number of methoxy groups -OCH3 is 1. The summed E-state index contributed by atoms with van der Waals surface area (Å²) in [4.78, 5) is 0. The van der Waals surface area contributed by atoms with E-state index in [0.29, 0.717) is 5.75 Å². The molecule has 1 aromatic rings. The van der Waals surface area contributed by atoms with Gasteiger partial charge in [0.2, 0.25) is 0 Å². The van der Waals surface area contributed by atoms with E-state index < -0.39 is 11.9 Å². The predicted molar refractivity (Wildman–Crippen MR) is 51.7 cm³/mol. The fraction of sp³-hybridized carbons (Fsp3) is 0.400. The summed E-state index contributed by atoms with van der Waals surface area (Å²) in [5, 5.41) is 8.85. The molecule has 0 bridgehead atoms. The zero-order chi connectivity index (χ0) is 10.7. The zero-order valence-corrected chi connectivity index (χ0v) is 8.25. The van der Waals surface area contributed by atoms with Gasteiger partial charge in [-0.25, -0.2) is 4.39 Å². The van der Waals surface area contributed by atoms with Gasteiger partial charge in [0.25, 0.3) is 0 Å². The van der Waals surface area contributed by atoms with E-state index in [1.165, 1.54) is 13.2 Å². The van der Waals surface area contributed by atoms with Crippen LogP contribution in [0.4, 0.5) is 4.39 Å². The lowest BCUT2D eigenvalue weighted by atomic mass is 10.0. The Morgan fingerprint density at radius 1 is 1.57 bits per heavy atom. The highest BCUT2D eigenvalue weighted by molar-refractivity contribution is 5.40. The summed E-state index contributed by atoms with van der Waals surface area (Å²) in [5.74, 6) is -0.0625. The number of benzene rings is 1. The van der Waals surface area contributed by atoms with Crippen LogP contribution in [0, 0.1) is 12.7 Å². The van der Waals surface area contributed by atoms with Crippen molar-refractivity contribution in [1.82, 2.24) is 0 Å². The second kappa shape index (κ2) is 4.39. The molecule has 1 rings (SSSR count). The van der Waals surface area contributed by atoms with Crippen LogP contribution in [0.3, 0.4) is 0 Å². The highest BCUT2D eigenvalue weighted by Gasteiger charge is 2.16. The van der Waals surface area contributed by atoms with E-state index in [1.807, 2.05) is 0 Å². The van der Waals surface area contributed by atoms with Gasteiger partial charge in [0, 0.05) is 5.56 Å². The van der Waals surface area contributed by atoms with Gasteiger partial charge in [-0.1, -0.05) is 0 Å². The molecule has 3 nitrogen and oxygen atoms in total. The lowest BCUT2D eigenvalue weighted by Gasteiger charge is -2.15. The van der Waals surface area contributed by atoms with E-state index in [9.17, 15) is 4.39 Å². The first-order chi connectivity index (χ1) is 6.60. The maximum Gasteiger partial charge on any atom is 0.132 e. The van der Waals surface area contributed by atoms with Gasteiger partial charge < -0.3 is 15.6 Å².